The molecule has 0 radical (unpaired) electrons. The van der Waals surface area contributed by atoms with E-state index in [0.29, 0.717) is 32.3 Å². The lowest BCUT2D eigenvalue weighted by Gasteiger charge is -2.17. The summed E-state index contributed by atoms with van der Waals surface area (Å²) in [5.74, 6) is 0.680. The average Bonchev–Trinajstić information content (AvgIpc) is 2.59. The van der Waals surface area contributed by atoms with E-state index in [4.69, 9.17) is 9.47 Å². The number of non-ortho nitro benzene ring substituents is 1. The number of guanidine groups is 1. The van der Waals surface area contributed by atoms with Crippen LogP contribution in [0.5, 0.6) is 0 Å². The Labute approximate surface area is 148 Å². The van der Waals surface area contributed by atoms with Gasteiger partial charge in [0.15, 0.2) is 5.96 Å². The van der Waals surface area contributed by atoms with Gasteiger partial charge in [0.25, 0.3) is 5.69 Å². The molecule has 0 fully saturated rings. The van der Waals surface area contributed by atoms with E-state index in [0.717, 1.165) is 18.5 Å². The van der Waals surface area contributed by atoms with Crippen molar-refractivity contribution in [3.63, 3.8) is 0 Å². The van der Waals surface area contributed by atoms with Crippen LogP contribution in [0.4, 0.5) is 5.69 Å². The van der Waals surface area contributed by atoms with Gasteiger partial charge in [-0.25, -0.2) is 4.99 Å². The molecule has 1 aromatic rings. The van der Waals surface area contributed by atoms with E-state index in [-0.39, 0.29) is 11.7 Å². The zero-order chi connectivity index (χ0) is 18.5. The van der Waals surface area contributed by atoms with Crippen LogP contribution in [-0.4, -0.2) is 50.4 Å². The average molecular weight is 352 g/mol. The molecule has 1 rings (SSSR count). The third-order valence-corrected chi connectivity index (χ3v) is 3.33. The van der Waals surface area contributed by atoms with Crippen LogP contribution in [0.1, 0.15) is 25.8 Å². The minimum atomic E-state index is -0.410. The second kappa shape index (κ2) is 12.2. The number of benzene rings is 1. The Bertz CT molecular complexity index is 534. The zero-order valence-corrected chi connectivity index (χ0v) is 15.2. The summed E-state index contributed by atoms with van der Waals surface area (Å²) in [7, 11) is 1.65. The Morgan fingerprint density at radius 2 is 2.08 bits per heavy atom. The number of nitrogens with zero attached hydrogens (tertiary/aromatic N) is 2. The van der Waals surface area contributed by atoms with Crippen LogP contribution in [0.2, 0.25) is 0 Å². The number of nitro groups is 1. The maximum atomic E-state index is 10.7. The van der Waals surface area contributed by atoms with Crippen LogP contribution in [0.3, 0.4) is 0 Å². The molecule has 0 saturated heterocycles. The van der Waals surface area contributed by atoms with Crippen LogP contribution in [0.25, 0.3) is 0 Å². The van der Waals surface area contributed by atoms with Crippen molar-refractivity contribution in [2.75, 3.05) is 33.5 Å². The van der Waals surface area contributed by atoms with Crippen molar-refractivity contribution in [2.24, 2.45) is 4.99 Å². The molecule has 0 aliphatic carbocycles. The minimum Gasteiger partial charge on any atom is -0.383 e. The van der Waals surface area contributed by atoms with E-state index in [1.807, 2.05) is 13.8 Å². The smallest absolute Gasteiger partial charge is 0.269 e. The van der Waals surface area contributed by atoms with Gasteiger partial charge in [-0.05, 0) is 25.8 Å². The third-order valence-electron chi connectivity index (χ3n) is 3.33. The second-order valence-electron chi connectivity index (χ2n) is 5.57. The van der Waals surface area contributed by atoms with Crippen molar-refractivity contribution in [3.05, 3.63) is 39.9 Å². The molecule has 0 bridgehead atoms. The number of hydrogen-bond acceptors (Lipinski definition) is 5. The Hall–Kier alpha value is -2.19. The summed E-state index contributed by atoms with van der Waals surface area (Å²) >= 11 is 0. The van der Waals surface area contributed by atoms with Crippen molar-refractivity contribution in [3.8, 4) is 0 Å². The van der Waals surface area contributed by atoms with Crippen LogP contribution in [-0.2, 0) is 16.0 Å². The molecule has 25 heavy (non-hydrogen) atoms. The van der Waals surface area contributed by atoms with Gasteiger partial charge in [0.2, 0.25) is 0 Å². The number of nitrogens with one attached hydrogen (secondary N) is 2. The minimum absolute atomic E-state index is 0.0776. The molecule has 140 valence electrons. The first-order valence-corrected chi connectivity index (χ1v) is 8.41. The van der Waals surface area contributed by atoms with Gasteiger partial charge in [-0.3, -0.25) is 10.1 Å². The number of methoxy groups -OCH3 is 1. The number of hydrogen-bond donors (Lipinski definition) is 2. The van der Waals surface area contributed by atoms with Crippen LogP contribution < -0.4 is 10.6 Å². The predicted molar refractivity (Wildman–Crippen MR) is 97.8 cm³/mol. The monoisotopic (exact) mass is 352 g/mol. The summed E-state index contributed by atoms with van der Waals surface area (Å²) in [4.78, 5) is 14.8. The molecule has 2 N–H and O–H groups in total. The summed E-state index contributed by atoms with van der Waals surface area (Å²) in [6.45, 7) is 7.13. The fraction of sp³-hybridized carbons (Fsp3) is 0.588. The zero-order valence-electron chi connectivity index (χ0n) is 15.2. The van der Waals surface area contributed by atoms with Gasteiger partial charge in [0.05, 0.1) is 18.1 Å². The maximum absolute atomic E-state index is 10.7. The van der Waals surface area contributed by atoms with Crippen molar-refractivity contribution in [1.29, 1.82) is 0 Å². The van der Waals surface area contributed by atoms with Crippen molar-refractivity contribution < 1.29 is 14.4 Å². The van der Waals surface area contributed by atoms with Crippen LogP contribution >= 0.6 is 0 Å². The van der Waals surface area contributed by atoms with Gasteiger partial charge in [-0.1, -0.05) is 12.1 Å². The van der Waals surface area contributed by atoms with E-state index in [9.17, 15) is 10.1 Å². The first-order valence-electron chi connectivity index (χ1n) is 8.41. The molecule has 1 unspecified atom stereocenters. The summed E-state index contributed by atoms with van der Waals surface area (Å²) in [6, 6.07) is 6.52. The highest BCUT2D eigenvalue weighted by atomic mass is 16.6. The molecule has 0 aliphatic rings. The Balaban J connectivity index is 2.61. The van der Waals surface area contributed by atoms with E-state index < -0.39 is 4.92 Å². The summed E-state index contributed by atoms with van der Waals surface area (Å²) in [5, 5.41) is 17.2. The molecule has 0 amide bonds. The SMILES string of the molecule is CCOCCCNC(=NCc1ccc([N+](=O)[O-])cc1)NC(C)COC. The lowest BCUT2D eigenvalue weighted by atomic mass is 10.2. The predicted octanol–water partition coefficient (Wildman–Crippen LogP) is 2.09. The number of nitro benzene ring substituents is 1. The molecule has 0 heterocycles. The number of rotatable bonds is 11. The van der Waals surface area contributed by atoms with Crippen molar-refractivity contribution >= 4 is 11.6 Å². The fourth-order valence-electron chi connectivity index (χ4n) is 2.10. The largest absolute Gasteiger partial charge is 0.383 e. The van der Waals surface area contributed by atoms with Gasteiger partial charge in [0.1, 0.15) is 0 Å². The number of ether oxygens (including phenoxy) is 2. The highest BCUT2D eigenvalue weighted by Gasteiger charge is 2.06. The summed E-state index contributed by atoms with van der Waals surface area (Å²) < 4.78 is 10.5. The molecule has 1 aromatic carbocycles. The Kier molecular flexibility index (Phi) is 10.2. The second-order valence-corrected chi connectivity index (χ2v) is 5.57. The standard InChI is InChI=1S/C17H28N4O4/c1-4-25-11-5-10-18-17(20-14(2)13-24-3)19-12-15-6-8-16(9-7-15)21(22)23/h6-9,14H,4-5,10-13H2,1-3H3,(H2,18,19,20). The number of aliphatic imine (C=N–C) groups is 1. The lowest BCUT2D eigenvalue weighted by molar-refractivity contribution is -0.384. The molecule has 0 aliphatic heterocycles. The molecular weight excluding hydrogens is 324 g/mol. The topological polar surface area (TPSA) is 98.0 Å². The van der Waals surface area contributed by atoms with Gasteiger partial charge in [-0.2, -0.15) is 0 Å². The molecule has 0 spiro atoms. The highest BCUT2D eigenvalue weighted by molar-refractivity contribution is 5.80. The molecule has 1 atom stereocenters. The normalized spacial score (nSPS) is 12.7. The maximum Gasteiger partial charge on any atom is 0.269 e. The van der Waals surface area contributed by atoms with E-state index in [2.05, 4.69) is 15.6 Å². The Morgan fingerprint density at radius 1 is 1.36 bits per heavy atom. The Morgan fingerprint density at radius 3 is 2.68 bits per heavy atom. The van der Waals surface area contributed by atoms with Crippen LogP contribution in [0.15, 0.2) is 29.3 Å². The van der Waals surface area contributed by atoms with E-state index in [1.54, 1.807) is 19.2 Å². The molecule has 0 saturated carbocycles. The molecular formula is C17H28N4O4. The van der Waals surface area contributed by atoms with Crippen molar-refractivity contribution in [2.45, 2.75) is 32.9 Å². The van der Waals surface area contributed by atoms with Crippen molar-refractivity contribution in [1.82, 2.24) is 10.6 Å². The highest BCUT2D eigenvalue weighted by Crippen LogP contribution is 2.12. The van der Waals surface area contributed by atoms with Gasteiger partial charge >= 0.3 is 0 Å². The quantitative estimate of drug-likeness (QED) is 0.208. The molecule has 8 nitrogen and oxygen atoms in total. The van der Waals surface area contributed by atoms with E-state index in [1.165, 1.54) is 12.1 Å². The molecule has 0 aromatic heterocycles. The summed E-state index contributed by atoms with van der Waals surface area (Å²) in [6.07, 6.45) is 0.880. The van der Waals surface area contributed by atoms with Gasteiger partial charge in [0, 0.05) is 45.0 Å². The lowest BCUT2D eigenvalue weighted by Crippen LogP contribution is -2.44. The van der Waals surface area contributed by atoms with Gasteiger partial charge in [-0.15, -0.1) is 0 Å². The van der Waals surface area contributed by atoms with E-state index >= 15 is 0 Å². The summed E-state index contributed by atoms with van der Waals surface area (Å²) in [5.41, 5.74) is 0.981. The first kappa shape index (κ1) is 20.9. The fourth-order valence-corrected chi connectivity index (χ4v) is 2.10. The van der Waals surface area contributed by atoms with Gasteiger partial charge < -0.3 is 20.1 Å². The molecule has 8 heteroatoms. The van der Waals surface area contributed by atoms with Crippen LogP contribution in [0, 0.1) is 10.1 Å². The first-order chi connectivity index (χ1) is 12.1. The third kappa shape index (κ3) is 9.02.